The standard InChI is InChI=1S/C19H22O3/c1-13(2)18-10-9-17(12-14(18)3)22-16-7-4-15(5-8-16)6-11-19(20)21/h4-5,7-10,12-13H,6,11H2,1-3H3,(H,20,21). The molecule has 22 heavy (non-hydrogen) atoms. The van der Waals surface area contributed by atoms with Crippen LogP contribution < -0.4 is 4.74 Å². The Bertz CT molecular complexity index is 642. The Hall–Kier alpha value is -2.29. The van der Waals surface area contributed by atoms with Crippen LogP contribution in [0.3, 0.4) is 0 Å². The number of carboxylic acid groups (broad SMARTS) is 1. The maximum absolute atomic E-state index is 10.6. The van der Waals surface area contributed by atoms with Gasteiger partial charge in [0.05, 0.1) is 0 Å². The van der Waals surface area contributed by atoms with Crippen LogP contribution in [0.25, 0.3) is 0 Å². The zero-order valence-corrected chi connectivity index (χ0v) is 13.3. The lowest BCUT2D eigenvalue weighted by atomic mass is 9.98. The normalized spacial score (nSPS) is 10.7. The third-order valence-electron chi connectivity index (χ3n) is 3.65. The third kappa shape index (κ3) is 4.35. The summed E-state index contributed by atoms with van der Waals surface area (Å²) in [6.45, 7) is 6.45. The minimum Gasteiger partial charge on any atom is -0.481 e. The molecule has 0 saturated heterocycles. The molecule has 0 aliphatic carbocycles. The summed E-state index contributed by atoms with van der Waals surface area (Å²) in [5.74, 6) is 1.31. The summed E-state index contributed by atoms with van der Waals surface area (Å²) >= 11 is 0. The van der Waals surface area contributed by atoms with Crippen LogP contribution in [-0.2, 0) is 11.2 Å². The van der Waals surface area contributed by atoms with Crippen molar-refractivity contribution in [1.29, 1.82) is 0 Å². The Kier molecular flexibility index (Phi) is 5.21. The molecular formula is C19H22O3. The second kappa shape index (κ2) is 7.12. The van der Waals surface area contributed by atoms with Crippen LogP contribution in [0.5, 0.6) is 11.5 Å². The van der Waals surface area contributed by atoms with Crippen molar-refractivity contribution >= 4 is 5.97 Å². The number of ether oxygens (including phenoxy) is 1. The first-order valence-corrected chi connectivity index (χ1v) is 7.55. The molecule has 0 atom stereocenters. The highest BCUT2D eigenvalue weighted by Gasteiger charge is 2.06. The molecule has 0 saturated carbocycles. The monoisotopic (exact) mass is 298 g/mol. The van der Waals surface area contributed by atoms with Gasteiger partial charge >= 0.3 is 5.97 Å². The Morgan fingerprint density at radius 2 is 1.73 bits per heavy atom. The molecule has 0 aliphatic heterocycles. The molecule has 0 amide bonds. The summed E-state index contributed by atoms with van der Waals surface area (Å²) < 4.78 is 5.86. The van der Waals surface area contributed by atoms with Crippen molar-refractivity contribution < 1.29 is 14.6 Å². The zero-order valence-electron chi connectivity index (χ0n) is 13.3. The molecule has 0 radical (unpaired) electrons. The Balaban J connectivity index is 2.04. The number of benzene rings is 2. The van der Waals surface area contributed by atoms with Crippen molar-refractivity contribution in [3.8, 4) is 11.5 Å². The number of aliphatic carboxylic acids is 1. The van der Waals surface area contributed by atoms with Gasteiger partial charge in [0, 0.05) is 6.42 Å². The van der Waals surface area contributed by atoms with Crippen molar-refractivity contribution in [2.24, 2.45) is 0 Å². The lowest BCUT2D eigenvalue weighted by Crippen LogP contribution is -1.97. The van der Waals surface area contributed by atoms with Crippen molar-refractivity contribution in [1.82, 2.24) is 0 Å². The highest BCUT2D eigenvalue weighted by atomic mass is 16.5. The van der Waals surface area contributed by atoms with Gasteiger partial charge in [-0.15, -0.1) is 0 Å². The van der Waals surface area contributed by atoms with Gasteiger partial charge in [0.1, 0.15) is 11.5 Å². The first-order chi connectivity index (χ1) is 10.5. The fourth-order valence-corrected chi connectivity index (χ4v) is 2.47. The van der Waals surface area contributed by atoms with E-state index in [0.29, 0.717) is 12.3 Å². The average molecular weight is 298 g/mol. The predicted octanol–water partition coefficient (Wildman–Crippen LogP) is 4.93. The van der Waals surface area contributed by atoms with Crippen molar-refractivity contribution in [2.45, 2.75) is 39.5 Å². The van der Waals surface area contributed by atoms with Crippen LogP contribution in [0, 0.1) is 6.92 Å². The average Bonchev–Trinajstić information content (AvgIpc) is 2.46. The fraction of sp³-hybridized carbons (Fsp3) is 0.316. The molecule has 116 valence electrons. The van der Waals surface area contributed by atoms with Gasteiger partial charge in [0.2, 0.25) is 0 Å². The Labute approximate surface area is 131 Å². The first kappa shape index (κ1) is 16.1. The zero-order chi connectivity index (χ0) is 16.1. The van der Waals surface area contributed by atoms with E-state index in [1.54, 1.807) is 0 Å². The number of aryl methyl sites for hydroxylation is 2. The highest BCUT2D eigenvalue weighted by Crippen LogP contribution is 2.27. The van der Waals surface area contributed by atoms with Gasteiger partial charge in [-0.1, -0.05) is 32.0 Å². The number of carbonyl (C=O) groups is 1. The number of hydrogen-bond donors (Lipinski definition) is 1. The van der Waals surface area contributed by atoms with Crippen molar-refractivity contribution in [3.63, 3.8) is 0 Å². The second-order valence-electron chi connectivity index (χ2n) is 5.81. The van der Waals surface area contributed by atoms with E-state index in [0.717, 1.165) is 17.1 Å². The van der Waals surface area contributed by atoms with Gasteiger partial charge < -0.3 is 9.84 Å². The second-order valence-corrected chi connectivity index (χ2v) is 5.81. The van der Waals surface area contributed by atoms with E-state index in [4.69, 9.17) is 9.84 Å². The SMILES string of the molecule is Cc1cc(Oc2ccc(CCC(=O)O)cc2)ccc1C(C)C. The summed E-state index contributed by atoms with van der Waals surface area (Å²) in [6.07, 6.45) is 0.688. The van der Waals surface area contributed by atoms with Crippen LogP contribution in [0.15, 0.2) is 42.5 Å². The molecule has 3 nitrogen and oxygen atoms in total. The number of rotatable bonds is 6. The van der Waals surface area contributed by atoms with E-state index in [1.807, 2.05) is 36.4 Å². The van der Waals surface area contributed by atoms with Gasteiger partial charge in [-0.3, -0.25) is 4.79 Å². The maximum Gasteiger partial charge on any atom is 0.303 e. The number of carboxylic acids is 1. The van der Waals surface area contributed by atoms with Gasteiger partial charge in [-0.25, -0.2) is 0 Å². The lowest BCUT2D eigenvalue weighted by molar-refractivity contribution is -0.136. The minimum absolute atomic E-state index is 0.149. The molecule has 3 heteroatoms. The van der Waals surface area contributed by atoms with Crippen LogP contribution in [0.4, 0.5) is 0 Å². The summed E-state index contributed by atoms with van der Waals surface area (Å²) in [6, 6.07) is 13.7. The van der Waals surface area contributed by atoms with E-state index in [2.05, 4.69) is 26.8 Å². The van der Waals surface area contributed by atoms with Crippen LogP contribution in [-0.4, -0.2) is 11.1 Å². The molecule has 2 rings (SSSR count). The van der Waals surface area contributed by atoms with E-state index >= 15 is 0 Å². The van der Waals surface area contributed by atoms with Crippen molar-refractivity contribution in [2.75, 3.05) is 0 Å². The molecular weight excluding hydrogens is 276 g/mol. The molecule has 0 spiro atoms. The van der Waals surface area contributed by atoms with Gasteiger partial charge in [-0.2, -0.15) is 0 Å². The van der Waals surface area contributed by atoms with E-state index in [-0.39, 0.29) is 6.42 Å². The summed E-state index contributed by atoms with van der Waals surface area (Å²) in [5.41, 5.74) is 3.56. The minimum atomic E-state index is -0.777. The third-order valence-corrected chi connectivity index (χ3v) is 3.65. The molecule has 2 aromatic rings. The molecule has 0 fully saturated rings. The van der Waals surface area contributed by atoms with Gasteiger partial charge in [-0.05, 0) is 60.2 Å². The summed E-state index contributed by atoms with van der Waals surface area (Å²) in [5, 5.41) is 8.69. The highest BCUT2D eigenvalue weighted by molar-refractivity contribution is 5.67. The van der Waals surface area contributed by atoms with E-state index in [9.17, 15) is 4.79 Å². The molecule has 2 aromatic carbocycles. The number of hydrogen-bond acceptors (Lipinski definition) is 2. The maximum atomic E-state index is 10.6. The van der Waals surface area contributed by atoms with Gasteiger partial charge in [0.25, 0.3) is 0 Å². The van der Waals surface area contributed by atoms with Crippen LogP contribution in [0.2, 0.25) is 0 Å². The molecule has 0 heterocycles. The molecule has 0 bridgehead atoms. The van der Waals surface area contributed by atoms with E-state index < -0.39 is 5.97 Å². The Morgan fingerprint density at radius 1 is 1.09 bits per heavy atom. The van der Waals surface area contributed by atoms with Crippen LogP contribution >= 0.6 is 0 Å². The molecule has 0 aliphatic rings. The quantitative estimate of drug-likeness (QED) is 0.822. The van der Waals surface area contributed by atoms with E-state index in [1.165, 1.54) is 11.1 Å². The van der Waals surface area contributed by atoms with Gasteiger partial charge in [0.15, 0.2) is 0 Å². The Morgan fingerprint density at radius 3 is 2.27 bits per heavy atom. The fourth-order valence-electron chi connectivity index (χ4n) is 2.47. The predicted molar refractivity (Wildman–Crippen MR) is 87.7 cm³/mol. The van der Waals surface area contributed by atoms with Crippen molar-refractivity contribution in [3.05, 3.63) is 59.2 Å². The smallest absolute Gasteiger partial charge is 0.303 e. The topological polar surface area (TPSA) is 46.5 Å². The summed E-state index contributed by atoms with van der Waals surface area (Å²) in [4.78, 5) is 10.6. The largest absolute Gasteiger partial charge is 0.481 e. The van der Waals surface area contributed by atoms with Crippen LogP contribution in [0.1, 0.15) is 42.9 Å². The molecule has 0 unspecified atom stereocenters. The lowest BCUT2D eigenvalue weighted by Gasteiger charge is -2.12. The molecule has 0 aromatic heterocycles. The molecule has 1 N–H and O–H groups in total. The first-order valence-electron chi connectivity index (χ1n) is 7.55. The summed E-state index contributed by atoms with van der Waals surface area (Å²) in [7, 11) is 0.